The molecule has 21 heavy (non-hydrogen) atoms. The highest BCUT2D eigenvalue weighted by atomic mass is 16.4. The number of aliphatic carboxylic acids is 1. The maximum Gasteiger partial charge on any atom is 0.307 e. The fourth-order valence-electron chi connectivity index (χ4n) is 3.19. The highest BCUT2D eigenvalue weighted by molar-refractivity contribution is 5.96. The summed E-state index contributed by atoms with van der Waals surface area (Å²) in [5, 5.41) is 12.2. The number of nitrogens with one attached hydrogen (secondary N) is 1. The third kappa shape index (κ3) is 3.26. The summed E-state index contributed by atoms with van der Waals surface area (Å²) in [4.78, 5) is 23.7. The predicted octanol–water partition coefficient (Wildman–Crippen LogP) is 3.25. The normalized spacial score (nSPS) is 21.2. The lowest BCUT2D eigenvalue weighted by Gasteiger charge is -2.19. The molecule has 1 amide bonds. The summed E-state index contributed by atoms with van der Waals surface area (Å²) in [6, 6.07) is 6.03. The Bertz CT molecular complexity index is 517. The molecule has 0 spiro atoms. The number of carbonyl (C=O) groups is 2. The van der Waals surface area contributed by atoms with Gasteiger partial charge in [0.25, 0.3) is 0 Å². The number of anilines is 1. The van der Waals surface area contributed by atoms with E-state index in [2.05, 4.69) is 19.2 Å². The van der Waals surface area contributed by atoms with Crippen LogP contribution in [-0.2, 0) is 22.4 Å². The molecule has 1 aliphatic rings. The van der Waals surface area contributed by atoms with Crippen molar-refractivity contribution in [1.29, 1.82) is 0 Å². The number of hydrogen-bond donors (Lipinski definition) is 2. The highest BCUT2D eigenvalue weighted by Gasteiger charge is 2.37. The van der Waals surface area contributed by atoms with Gasteiger partial charge in [0.2, 0.25) is 5.91 Å². The van der Waals surface area contributed by atoms with E-state index in [-0.39, 0.29) is 5.91 Å². The molecule has 0 aliphatic heterocycles. The number of hydrogen-bond acceptors (Lipinski definition) is 2. The second-order valence-electron chi connectivity index (χ2n) is 5.63. The van der Waals surface area contributed by atoms with Gasteiger partial charge < -0.3 is 10.4 Å². The minimum Gasteiger partial charge on any atom is -0.481 e. The number of aryl methyl sites for hydroxylation is 2. The number of benzene rings is 1. The molecule has 4 nitrogen and oxygen atoms in total. The van der Waals surface area contributed by atoms with E-state index in [1.165, 1.54) is 0 Å². The number of para-hydroxylation sites is 1. The van der Waals surface area contributed by atoms with E-state index in [4.69, 9.17) is 0 Å². The maximum atomic E-state index is 12.5. The second-order valence-corrected chi connectivity index (χ2v) is 5.63. The fourth-order valence-corrected chi connectivity index (χ4v) is 3.19. The van der Waals surface area contributed by atoms with Gasteiger partial charge in [0.15, 0.2) is 0 Å². The van der Waals surface area contributed by atoms with Crippen LogP contribution in [0.4, 0.5) is 5.69 Å². The average Bonchev–Trinajstić information content (AvgIpc) is 2.97. The van der Waals surface area contributed by atoms with E-state index in [1.807, 2.05) is 18.2 Å². The van der Waals surface area contributed by atoms with Gasteiger partial charge in [-0.15, -0.1) is 0 Å². The molecule has 1 aromatic carbocycles. The minimum absolute atomic E-state index is 0.143. The summed E-state index contributed by atoms with van der Waals surface area (Å²) in [5.74, 6) is -1.94. The predicted molar refractivity (Wildman–Crippen MR) is 82.3 cm³/mol. The molecule has 0 aromatic heterocycles. The fraction of sp³-hybridized carbons (Fsp3) is 0.529. The Labute approximate surface area is 125 Å². The van der Waals surface area contributed by atoms with Crippen LogP contribution in [0.3, 0.4) is 0 Å². The van der Waals surface area contributed by atoms with E-state index >= 15 is 0 Å². The van der Waals surface area contributed by atoms with Gasteiger partial charge in [-0.05, 0) is 36.8 Å². The van der Waals surface area contributed by atoms with Crippen LogP contribution in [0.1, 0.15) is 44.2 Å². The summed E-state index contributed by atoms with van der Waals surface area (Å²) in [6.07, 6.45) is 3.76. The van der Waals surface area contributed by atoms with Crippen molar-refractivity contribution in [2.75, 3.05) is 5.32 Å². The first-order valence-corrected chi connectivity index (χ1v) is 7.72. The lowest BCUT2D eigenvalue weighted by atomic mass is 9.94. The first kappa shape index (κ1) is 15.5. The van der Waals surface area contributed by atoms with Crippen molar-refractivity contribution >= 4 is 17.6 Å². The van der Waals surface area contributed by atoms with Gasteiger partial charge in [-0.25, -0.2) is 0 Å². The first-order chi connectivity index (χ1) is 10.1. The molecular weight excluding hydrogens is 266 g/mol. The molecule has 0 radical (unpaired) electrons. The van der Waals surface area contributed by atoms with Crippen LogP contribution in [0, 0.1) is 11.8 Å². The van der Waals surface area contributed by atoms with Crippen LogP contribution in [0.2, 0.25) is 0 Å². The van der Waals surface area contributed by atoms with E-state index < -0.39 is 17.8 Å². The number of amides is 1. The molecule has 2 rings (SSSR count). The lowest BCUT2D eigenvalue weighted by molar-refractivity contribution is -0.145. The zero-order valence-electron chi connectivity index (χ0n) is 12.7. The van der Waals surface area contributed by atoms with Crippen molar-refractivity contribution in [2.45, 2.75) is 46.0 Å². The molecule has 0 heterocycles. The molecule has 2 N–H and O–H groups in total. The molecule has 2 atom stereocenters. The molecule has 1 aromatic rings. The molecule has 4 heteroatoms. The van der Waals surface area contributed by atoms with Crippen LogP contribution in [-0.4, -0.2) is 17.0 Å². The van der Waals surface area contributed by atoms with Crippen LogP contribution in [0.25, 0.3) is 0 Å². The summed E-state index contributed by atoms with van der Waals surface area (Å²) in [6.45, 7) is 4.11. The molecule has 1 aliphatic carbocycles. The van der Waals surface area contributed by atoms with Gasteiger partial charge in [0.1, 0.15) is 0 Å². The Morgan fingerprint density at radius 2 is 1.71 bits per heavy atom. The van der Waals surface area contributed by atoms with E-state index in [0.717, 1.165) is 36.1 Å². The van der Waals surface area contributed by atoms with Gasteiger partial charge >= 0.3 is 5.97 Å². The Hall–Kier alpha value is -1.84. The zero-order chi connectivity index (χ0) is 15.4. The van der Waals surface area contributed by atoms with Crippen LogP contribution >= 0.6 is 0 Å². The van der Waals surface area contributed by atoms with Gasteiger partial charge in [0.05, 0.1) is 11.8 Å². The van der Waals surface area contributed by atoms with Crippen molar-refractivity contribution < 1.29 is 14.7 Å². The first-order valence-electron chi connectivity index (χ1n) is 7.72. The Kier molecular flexibility index (Phi) is 4.99. The quantitative estimate of drug-likeness (QED) is 0.874. The van der Waals surface area contributed by atoms with Gasteiger partial charge in [-0.2, -0.15) is 0 Å². The second kappa shape index (κ2) is 6.74. The Morgan fingerprint density at radius 1 is 1.14 bits per heavy atom. The topological polar surface area (TPSA) is 66.4 Å². The minimum atomic E-state index is -0.854. The van der Waals surface area contributed by atoms with E-state index in [9.17, 15) is 14.7 Å². The van der Waals surface area contributed by atoms with Gasteiger partial charge in [0, 0.05) is 5.69 Å². The van der Waals surface area contributed by atoms with Crippen molar-refractivity contribution in [3.63, 3.8) is 0 Å². The van der Waals surface area contributed by atoms with Crippen molar-refractivity contribution in [3.8, 4) is 0 Å². The van der Waals surface area contributed by atoms with Crippen molar-refractivity contribution in [1.82, 2.24) is 0 Å². The van der Waals surface area contributed by atoms with Crippen molar-refractivity contribution in [2.24, 2.45) is 11.8 Å². The molecular formula is C17H23NO3. The number of rotatable bonds is 5. The average molecular weight is 289 g/mol. The molecule has 0 bridgehead atoms. The lowest BCUT2D eigenvalue weighted by Crippen LogP contribution is -2.30. The standard InChI is InChI=1S/C17H23NO3/c1-3-11-7-5-8-12(4-2)15(11)18-16(19)13-9-6-10-14(13)17(20)21/h5,7-8,13-14H,3-4,6,9-10H2,1-2H3,(H,18,19)(H,20,21). The van der Waals surface area contributed by atoms with E-state index in [1.54, 1.807) is 0 Å². The Balaban J connectivity index is 2.21. The maximum absolute atomic E-state index is 12.5. The molecule has 0 saturated heterocycles. The number of carboxylic acid groups (broad SMARTS) is 1. The van der Waals surface area contributed by atoms with Crippen LogP contribution in [0.5, 0.6) is 0 Å². The summed E-state index contributed by atoms with van der Waals surface area (Å²) in [5.41, 5.74) is 3.09. The smallest absolute Gasteiger partial charge is 0.307 e. The van der Waals surface area contributed by atoms with Gasteiger partial charge in [-0.1, -0.05) is 38.5 Å². The van der Waals surface area contributed by atoms with Gasteiger partial charge in [-0.3, -0.25) is 9.59 Å². The molecule has 2 unspecified atom stereocenters. The molecule has 1 fully saturated rings. The molecule has 114 valence electrons. The summed E-state index contributed by atoms with van der Waals surface area (Å²) in [7, 11) is 0. The van der Waals surface area contributed by atoms with Crippen LogP contribution in [0.15, 0.2) is 18.2 Å². The summed E-state index contributed by atoms with van der Waals surface area (Å²) >= 11 is 0. The third-order valence-electron chi connectivity index (χ3n) is 4.42. The third-order valence-corrected chi connectivity index (χ3v) is 4.42. The number of carboxylic acids is 1. The number of carbonyl (C=O) groups excluding carboxylic acids is 1. The van der Waals surface area contributed by atoms with E-state index in [0.29, 0.717) is 12.8 Å². The van der Waals surface area contributed by atoms with Crippen molar-refractivity contribution in [3.05, 3.63) is 29.3 Å². The highest BCUT2D eigenvalue weighted by Crippen LogP contribution is 2.33. The van der Waals surface area contributed by atoms with Crippen LogP contribution < -0.4 is 5.32 Å². The zero-order valence-corrected chi connectivity index (χ0v) is 12.7. The largest absolute Gasteiger partial charge is 0.481 e. The summed E-state index contributed by atoms with van der Waals surface area (Å²) < 4.78 is 0. The monoisotopic (exact) mass is 289 g/mol. The molecule has 1 saturated carbocycles. The Morgan fingerprint density at radius 3 is 2.24 bits per heavy atom. The SMILES string of the molecule is CCc1cccc(CC)c1NC(=O)C1CCCC1C(=O)O.